The summed E-state index contributed by atoms with van der Waals surface area (Å²) in [6.07, 6.45) is 3.00. The molecule has 1 aliphatic heterocycles. The standard InChI is InChI=1S/C13H19FN4O2/c1-17(2)12(19)18-7-3-6-13(14,8-18)11-15-10(16-20-11)9-4-5-9/h9H,3-8H2,1-2H3. The zero-order valence-electron chi connectivity index (χ0n) is 11.8. The van der Waals surface area contributed by atoms with E-state index >= 15 is 4.39 Å². The second-order valence-corrected chi connectivity index (χ2v) is 5.90. The average Bonchev–Trinajstić information content (AvgIpc) is 3.14. The summed E-state index contributed by atoms with van der Waals surface area (Å²) in [4.78, 5) is 19.1. The lowest BCUT2D eigenvalue weighted by molar-refractivity contribution is 0.0258. The largest absolute Gasteiger partial charge is 0.336 e. The first-order chi connectivity index (χ1) is 9.49. The third kappa shape index (κ3) is 2.36. The van der Waals surface area contributed by atoms with E-state index < -0.39 is 5.67 Å². The summed E-state index contributed by atoms with van der Waals surface area (Å²) in [5.74, 6) is 0.961. The molecule has 110 valence electrons. The zero-order chi connectivity index (χ0) is 14.3. The van der Waals surface area contributed by atoms with Gasteiger partial charge in [0.25, 0.3) is 5.89 Å². The Morgan fingerprint density at radius 2 is 2.25 bits per heavy atom. The third-order valence-electron chi connectivity index (χ3n) is 3.86. The van der Waals surface area contributed by atoms with Crippen molar-refractivity contribution in [1.82, 2.24) is 19.9 Å². The summed E-state index contributed by atoms with van der Waals surface area (Å²) in [6, 6.07) is -0.186. The van der Waals surface area contributed by atoms with Crippen molar-refractivity contribution in [2.75, 3.05) is 27.2 Å². The Labute approximate surface area is 116 Å². The minimum atomic E-state index is -1.72. The normalized spacial score (nSPS) is 26.6. The van der Waals surface area contributed by atoms with Crippen molar-refractivity contribution in [3.63, 3.8) is 0 Å². The molecule has 0 bridgehead atoms. The van der Waals surface area contributed by atoms with E-state index in [1.165, 1.54) is 9.80 Å². The van der Waals surface area contributed by atoms with Crippen LogP contribution in [0.3, 0.4) is 0 Å². The molecule has 2 aliphatic rings. The van der Waals surface area contributed by atoms with E-state index in [9.17, 15) is 4.79 Å². The molecule has 1 aliphatic carbocycles. The Kier molecular flexibility index (Phi) is 3.14. The number of carbonyl (C=O) groups excluding carboxylic acids is 1. The lowest BCUT2D eigenvalue weighted by Gasteiger charge is -2.36. The Morgan fingerprint density at radius 3 is 2.90 bits per heavy atom. The number of likely N-dealkylation sites (tertiary alicyclic amines) is 1. The highest BCUT2D eigenvalue weighted by Gasteiger charge is 2.44. The van der Waals surface area contributed by atoms with Crippen LogP contribution in [0.2, 0.25) is 0 Å². The fourth-order valence-electron chi connectivity index (χ4n) is 2.56. The molecule has 1 unspecified atom stereocenters. The predicted octanol–water partition coefficient (Wildman–Crippen LogP) is 1.89. The molecule has 0 aromatic carbocycles. The lowest BCUT2D eigenvalue weighted by Crippen LogP contribution is -2.49. The summed E-state index contributed by atoms with van der Waals surface area (Å²) in [5, 5.41) is 3.86. The van der Waals surface area contributed by atoms with Crippen molar-refractivity contribution < 1.29 is 13.7 Å². The van der Waals surface area contributed by atoms with E-state index in [1.54, 1.807) is 14.1 Å². The molecule has 0 spiro atoms. The van der Waals surface area contributed by atoms with Crippen LogP contribution in [0.25, 0.3) is 0 Å². The Balaban J connectivity index is 1.77. The van der Waals surface area contributed by atoms with Gasteiger partial charge in [-0.25, -0.2) is 9.18 Å². The number of urea groups is 1. The third-order valence-corrected chi connectivity index (χ3v) is 3.86. The molecule has 2 heterocycles. The van der Waals surface area contributed by atoms with E-state index in [1.807, 2.05) is 0 Å². The van der Waals surface area contributed by atoms with Gasteiger partial charge in [-0.1, -0.05) is 5.16 Å². The maximum absolute atomic E-state index is 15.1. The van der Waals surface area contributed by atoms with Crippen LogP contribution in [-0.2, 0) is 5.67 Å². The molecule has 7 heteroatoms. The number of alkyl halides is 1. The van der Waals surface area contributed by atoms with Gasteiger partial charge < -0.3 is 14.3 Å². The predicted molar refractivity (Wildman–Crippen MR) is 68.9 cm³/mol. The monoisotopic (exact) mass is 282 g/mol. The van der Waals surface area contributed by atoms with E-state index in [2.05, 4.69) is 10.1 Å². The summed E-state index contributed by atoms with van der Waals surface area (Å²) >= 11 is 0. The number of rotatable bonds is 2. The number of halogens is 1. The highest BCUT2D eigenvalue weighted by molar-refractivity contribution is 5.74. The van der Waals surface area contributed by atoms with Crippen LogP contribution in [0.15, 0.2) is 4.52 Å². The maximum atomic E-state index is 15.1. The van der Waals surface area contributed by atoms with Gasteiger partial charge in [-0.15, -0.1) is 0 Å². The first-order valence-corrected chi connectivity index (χ1v) is 6.99. The quantitative estimate of drug-likeness (QED) is 0.831. The highest BCUT2D eigenvalue weighted by Crippen LogP contribution is 2.40. The van der Waals surface area contributed by atoms with Crippen LogP contribution in [0.4, 0.5) is 9.18 Å². The molecule has 2 fully saturated rings. The number of hydrogen-bond acceptors (Lipinski definition) is 4. The van der Waals surface area contributed by atoms with Gasteiger partial charge in [0, 0.05) is 26.6 Å². The second-order valence-electron chi connectivity index (χ2n) is 5.90. The summed E-state index contributed by atoms with van der Waals surface area (Å²) in [5.41, 5.74) is -1.72. The smallest absolute Gasteiger partial charge is 0.319 e. The van der Waals surface area contributed by atoms with Crippen molar-refractivity contribution >= 4 is 6.03 Å². The molecular formula is C13H19FN4O2. The lowest BCUT2D eigenvalue weighted by atomic mass is 9.94. The Hall–Kier alpha value is -1.66. The maximum Gasteiger partial charge on any atom is 0.319 e. The molecule has 20 heavy (non-hydrogen) atoms. The second kappa shape index (κ2) is 4.71. The van der Waals surface area contributed by atoms with E-state index in [-0.39, 0.29) is 18.5 Å². The molecule has 1 atom stereocenters. The number of piperidine rings is 1. The molecule has 1 aromatic rings. The molecular weight excluding hydrogens is 263 g/mol. The van der Waals surface area contributed by atoms with Crippen LogP contribution >= 0.6 is 0 Å². The van der Waals surface area contributed by atoms with Crippen molar-refractivity contribution in [3.8, 4) is 0 Å². The zero-order valence-corrected chi connectivity index (χ0v) is 11.8. The van der Waals surface area contributed by atoms with E-state index in [0.29, 0.717) is 31.1 Å². The SMILES string of the molecule is CN(C)C(=O)N1CCCC(F)(c2nc(C3CC3)no2)C1. The van der Waals surface area contributed by atoms with Gasteiger partial charge in [0.15, 0.2) is 5.82 Å². The molecule has 1 saturated heterocycles. The van der Waals surface area contributed by atoms with Crippen molar-refractivity contribution in [1.29, 1.82) is 0 Å². The molecule has 0 N–H and O–H groups in total. The number of carbonyl (C=O) groups is 1. The fraction of sp³-hybridized carbons (Fsp3) is 0.769. The molecule has 1 aromatic heterocycles. The van der Waals surface area contributed by atoms with Crippen LogP contribution in [0, 0.1) is 0 Å². The molecule has 1 saturated carbocycles. The van der Waals surface area contributed by atoms with Gasteiger partial charge in [0.05, 0.1) is 6.54 Å². The number of amides is 2. The van der Waals surface area contributed by atoms with Gasteiger partial charge in [-0.2, -0.15) is 4.98 Å². The van der Waals surface area contributed by atoms with Gasteiger partial charge in [0.2, 0.25) is 5.67 Å². The fourth-order valence-corrected chi connectivity index (χ4v) is 2.56. The summed E-state index contributed by atoms with van der Waals surface area (Å²) < 4.78 is 20.2. The minimum absolute atomic E-state index is 0.0175. The van der Waals surface area contributed by atoms with Crippen LogP contribution in [-0.4, -0.2) is 53.2 Å². The Morgan fingerprint density at radius 1 is 1.50 bits per heavy atom. The topological polar surface area (TPSA) is 62.5 Å². The first-order valence-electron chi connectivity index (χ1n) is 6.99. The number of aromatic nitrogens is 2. The molecule has 3 rings (SSSR count). The van der Waals surface area contributed by atoms with Crippen molar-refractivity contribution in [2.24, 2.45) is 0 Å². The van der Waals surface area contributed by atoms with Crippen molar-refractivity contribution in [3.05, 3.63) is 11.7 Å². The Bertz CT molecular complexity index is 514. The van der Waals surface area contributed by atoms with Gasteiger partial charge in [-0.3, -0.25) is 0 Å². The molecule has 0 radical (unpaired) electrons. The molecule has 6 nitrogen and oxygen atoms in total. The first kappa shape index (κ1) is 13.3. The van der Waals surface area contributed by atoms with Gasteiger partial charge in [0.1, 0.15) is 0 Å². The van der Waals surface area contributed by atoms with E-state index in [4.69, 9.17) is 4.52 Å². The number of hydrogen-bond donors (Lipinski definition) is 0. The molecule has 2 amide bonds. The van der Waals surface area contributed by atoms with Crippen LogP contribution in [0.5, 0.6) is 0 Å². The minimum Gasteiger partial charge on any atom is -0.336 e. The van der Waals surface area contributed by atoms with Gasteiger partial charge in [-0.05, 0) is 25.7 Å². The van der Waals surface area contributed by atoms with Crippen LogP contribution < -0.4 is 0 Å². The van der Waals surface area contributed by atoms with Crippen LogP contribution in [0.1, 0.15) is 43.3 Å². The highest BCUT2D eigenvalue weighted by atomic mass is 19.1. The summed E-state index contributed by atoms with van der Waals surface area (Å²) in [7, 11) is 3.32. The van der Waals surface area contributed by atoms with Gasteiger partial charge >= 0.3 is 6.03 Å². The van der Waals surface area contributed by atoms with E-state index in [0.717, 1.165) is 12.8 Å². The van der Waals surface area contributed by atoms with Crippen molar-refractivity contribution in [2.45, 2.75) is 37.3 Å². The number of nitrogens with zero attached hydrogens (tertiary/aromatic N) is 4. The average molecular weight is 282 g/mol. The summed E-state index contributed by atoms with van der Waals surface area (Å²) in [6.45, 7) is 0.544.